The molecule has 1 rings (SSSR count). The van der Waals surface area contributed by atoms with E-state index in [1.807, 2.05) is 13.8 Å². The maximum absolute atomic E-state index is 13.3. The van der Waals surface area contributed by atoms with Crippen LogP contribution in [0.25, 0.3) is 0 Å². The molecule has 0 aliphatic heterocycles. The number of halogens is 2. The molecule has 0 bridgehead atoms. The molecule has 0 saturated carbocycles. The van der Waals surface area contributed by atoms with E-state index in [2.05, 4.69) is 4.72 Å². The molecule has 6 heteroatoms. The van der Waals surface area contributed by atoms with E-state index in [-0.39, 0.29) is 10.8 Å². The van der Waals surface area contributed by atoms with E-state index in [1.165, 1.54) is 12.1 Å². The molecular formula is C14H21ClFNO2S. The van der Waals surface area contributed by atoms with Crippen LogP contribution in [-0.4, -0.2) is 19.8 Å². The van der Waals surface area contributed by atoms with Gasteiger partial charge in [-0.15, -0.1) is 11.6 Å². The first kappa shape index (κ1) is 17.4. The first-order valence-corrected chi connectivity index (χ1v) is 8.60. The SMILES string of the molecule is CCC(CC)(CCl)NS(=O)(=O)c1c(C)cc(F)cc1C. The minimum absolute atomic E-state index is 0.135. The third-order valence-electron chi connectivity index (χ3n) is 3.65. The minimum Gasteiger partial charge on any atom is -0.207 e. The zero-order valence-electron chi connectivity index (χ0n) is 12.3. The van der Waals surface area contributed by atoms with E-state index in [1.54, 1.807) is 13.8 Å². The van der Waals surface area contributed by atoms with Crippen LogP contribution in [0.4, 0.5) is 4.39 Å². The Morgan fingerprint density at radius 2 is 1.65 bits per heavy atom. The number of alkyl halides is 1. The lowest BCUT2D eigenvalue weighted by atomic mass is 9.97. The maximum Gasteiger partial charge on any atom is 0.241 e. The molecule has 1 aromatic rings. The molecule has 0 saturated heterocycles. The quantitative estimate of drug-likeness (QED) is 0.815. The van der Waals surface area contributed by atoms with Gasteiger partial charge in [0.15, 0.2) is 0 Å². The average molecular weight is 322 g/mol. The molecule has 0 radical (unpaired) electrons. The summed E-state index contributed by atoms with van der Waals surface area (Å²) in [4.78, 5) is 0.135. The third kappa shape index (κ3) is 3.51. The zero-order chi connectivity index (χ0) is 15.6. The van der Waals surface area contributed by atoms with Crippen molar-refractivity contribution in [3.8, 4) is 0 Å². The van der Waals surface area contributed by atoms with Crippen molar-refractivity contribution in [3.05, 3.63) is 29.1 Å². The lowest BCUT2D eigenvalue weighted by Gasteiger charge is -2.30. The zero-order valence-corrected chi connectivity index (χ0v) is 13.8. The van der Waals surface area contributed by atoms with E-state index in [0.29, 0.717) is 24.0 Å². The van der Waals surface area contributed by atoms with Gasteiger partial charge in [0.2, 0.25) is 10.0 Å². The number of hydrogen-bond donors (Lipinski definition) is 1. The highest BCUT2D eigenvalue weighted by atomic mass is 35.5. The van der Waals surface area contributed by atoms with Crippen molar-refractivity contribution in [2.75, 3.05) is 5.88 Å². The van der Waals surface area contributed by atoms with Crippen molar-refractivity contribution >= 4 is 21.6 Å². The van der Waals surface area contributed by atoms with Crippen LogP contribution in [0.1, 0.15) is 37.8 Å². The third-order valence-corrected chi connectivity index (χ3v) is 6.05. The Balaban J connectivity index is 3.32. The Kier molecular flexibility index (Phi) is 5.58. The summed E-state index contributed by atoms with van der Waals surface area (Å²) in [6, 6.07) is 2.45. The standard InChI is InChI=1S/C14H21ClFNO2S/c1-5-14(6-2,9-15)17-20(18,19)13-10(3)7-12(16)8-11(13)4/h7-8,17H,5-6,9H2,1-4H3. The summed E-state index contributed by atoms with van der Waals surface area (Å²) in [5, 5.41) is 0. The first-order chi connectivity index (χ1) is 9.21. The second-order valence-electron chi connectivity index (χ2n) is 5.10. The normalized spacial score (nSPS) is 12.7. The Bertz CT molecular complexity index is 552. The second-order valence-corrected chi connectivity index (χ2v) is 6.98. The van der Waals surface area contributed by atoms with E-state index < -0.39 is 21.4 Å². The minimum atomic E-state index is -3.73. The van der Waals surface area contributed by atoms with Crippen LogP contribution in [0.2, 0.25) is 0 Å². The Hall–Kier alpha value is -0.650. The van der Waals surface area contributed by atoms with Gasteiger partial charge in [0.05, 0.1) is 4.90 Å². The highest BCUT2D eigenvalue weighted by Gasteiger charge is 2.32. The van der Waals surface area contributed by atoms with Crippen molar-refractivity contribution in [1.82, 2.24) is 4.72 Å². The summed E-state index contributed by atoms with van der Waals surface area (Å²) in [6.07, 6.45) is 1.18. The summed E-state index contributed by atoms with van der Waals surface area (Å²) in [5.41, 5.74) is 0.115. The van der Waals surface area contributed by atoms with Crippen LogP contribution in [0.3, 0.4) is 0 Å². The largest absolute Gasteiger partial charge is 0.241 e. The fraction of sp³-hybridized carbons (Fsp3) is 0.571. The van der Waals surface area contributed by atoms with Gasteiger partial charge in [-0.3, -0.25) is 0 Å². The molecule has 0 fully saturated rings. The van der Waals surface area contributed by atoms with Gasteiger partial charge in [0.25, 0.3) is 0 Å². The van der Waals surface area contributed by atoms with Crippen molar-refractivity contribution in [2.45, 2.75) is 51.0 Å². The highest BCUT2D eigenvalue weighted by Crippen LogP contribution is 2.25. The van der Waals surface area contributed by atoms with E-state index >= 15 is 0 Å². The van der Waals surface area contributed by atoms with Crippen LogP contribution in [-0.2, 0) is 10.0 Å². The number of aryl methyl sites for hydroxylation is 2. The molecular weight excluding hydrogens is 301 g/mol. The summed E-state index contributed by atoms with van der Waals surface area (Å²) < 4.78 is 41.2. The lowest BCUT2D eigenvalue weighted by Crippen LogP contribution is -2.49. The molecule has 0 spiro atoms. The highest BCUT2D eigenvalue weighted by molar-refractivity contribution is 7.89. The van der Waals surface area contributed by atoms with Gasteiger partial charge in [-0.1, -0.05) is 13.8 Å². The number of hydrogen-bond acceptors (Lipinski definition) is 2. The van der Waals surface area contributed by atoms with Crippen molar-refractivity contribution in [3.63, 3.8) is 0 Å². The lowest BCUT2D eigenvalue weighted by molar-refractivity contribution is 0.393. The van der Waals surface area contributed by atoms with Crippen LogP contribution < -0.4 is 4.72 Å². The summed E-state index contributed by atoms with van der Waals surface area (Å²) >= 11 is 5.94. The molecule has 114 valence electrons. The fourth-order valence-corrected chi connectivity index (χ4v) is 4.79. The van der Waals surface area contributed by atoms with Gasteiger partial charge >= 0.3 is 0 Å². The number of benzene rings is 1. The van der Waals surface area contributed by atoms with E-state index in [9.17, 15) is 12.8 Å². The molecule has 1 N–H and O–H groups in total. The summed E-state index contributed by atoms with van der Waals surface area (Å²) in [5.74, 6) is -0.244. The molecule has 0 aliphatic rings. The van der Waals surface area contributed by atoms with Gasteiger partial charge in [-0.05, 0) is 49.9 Å². The predicted octanol–water partition coefficient (Wildman–Crippen LogP) is 3.52. The molecule has 0 heterocycles. The Morgan fingerprint density at radius 3 is 2.00 bits per heavy atom. The van der Waals surface area contributed by atoms with E-state index in [4.69, 9.17) is 11.6 Å². The predicted molar refractivity (Wildman–Crippen MR) is 80.2 cm³/mol. The van der Waals surface area contributed by atoms with Crippen LogP contribution >= 0.6 is 11.6 Å². The summed E-state index contributed by atoms with van der Waals surface area (Å²) in [6.45, 7) is 6.95. The number of nitrogens with one attached hydrogen (secondary N) is 1. The van der Waals surface area contributed by atoms with Gasteiger partial charge in [0, 0.05) is 11.4 Å². The molecule has 0 aliphatic carbocycles. The topological polar surface area (TPSA) is 46.2 Å². The molecule has 0 amide bonds. The van der Waals surface area contributed by atoms with Gasteiger partial charge in [-0.2, -0.15) is 0 Å². The van der Waals surface area contributed by atoms with E-state index in [0.717, 1.165) is 0 Å². The molecule has 0 unspecified atom stereocenters. The van der Waals surface area contributed by atoms with Gasteiger partial charge < -0.3 is 0 Å². The van der Waals surface area contributed by atoms with Crippen molar-refractivity contribution in [2.24, 2.45) is 0 Å². The molecule has 0 atom stereocenters. The number of sulfonamides is 1. The van der Waals surface area contributed by atoms with Crippen molar-refractivity contribution < 1.29 is 12.8 Å². The molecule has 0 aromatic heterocycles. The first-order valence-electron chi connectivity index (χ1n) is 6.58. The van der Waals surface area contributed by atoms with Crippen LogP contribution in [0, 0.1) is 19.7 Å². The van der Waals surface area contributed by atoms with Crippen LogP contribution in [0.15, 0.2) is 17.0 Å². The monoisotopic (exact) mass is 321 g/mol. The average Bonchev–Trinajstić information content (AvgIpc) is 2.34. The van der Waals surface area contributed by atoms with Gasteiger partial charge in [0.1, 0.15) is 5.82 Å². The smallest absolute Gasteiger partial charge is 0.207 e. The number of rotatable bonds is 6. The summed E-state index contributed by atoms with van der Waals surface area (Å²) in [7, 11) is -3.73. The van der Waals surface area contributed by atoms with Crippen molar-refractivity contribution in [1.29, 1.82) is 0 Å². The molecule has 1 aromatic carbocycles. The second kappa shape index (κ2) is 6.41. The fourth-order valence-electron chi connectivity index (χ4n) is 2.27. The van der Waals surface area contributed by atoms with Gasteiger partial charge in [-0.25, -0.2) is 17.5 Å². The Morgan fingerprint density at radius 1 is 1.20 bits per heavy atom. The Labute approximate surface area is 125 Å². The maximum atomic E-state index is 13.3. The molecule has 20 heavy (non-hydrogen) atoms. The molecule has 3 nitrogen and oxygen atoms in total. The van der Waals surface area contributed by atoms with Crippen LogP contribution in [0.5, 0.6) is 0 Å².